The zero-order chi connectivity index (χ0) is 25.0. The van der Waals surface area contributed by atoms with Crippen molar-refractivity contribution < 1.29 is 13.6 Å². The van der Waals surface area contributed by atoms with Gasteiger partial charge in [-0.25, -0.2) is 13.9 Å². The van der Waals surface area contributed by atoms with E-state index in [2.05, 4.69) is 22.4 Å². The zero-order valence-electron chi connectivity index (χ0n) is 20.0. The lowest BCUT2D eigenvalue weighted by molar-refractivity contribution is -0.133. The number of carbonyl (C=O) groups excluding carboxylic acids is 1. The maximum atomic E-state index is 14.5. The number of carbonyl (C=O) groups is 1. The quantitative estimate of drug-likeness (QED) is 0.516. The third-order valence-electron chi connectivity index (χ3n) is 7.72. The summed E-state index contributed by atoms with van der Waals surface area (Å²) in [4.78, 5) is 33.5. The van der Waals surface area contributed by atoms with E-state index in [1.54, 1.807) is 17.0 Å². The van der Waals surface area contributed by atoms with Crippen molar-refractivity contribution in [2.45, 2.75) is 69.5 Å². The summed E-state index contributed by atoms with van der Waals surface area (Å²) in [7, 11) is 0. The van der Waals surface area contributed by atoms with Crippen LogP contribution in [0.3, 0.4) is 0 Å². The molecule has 0 unspecified atom stereocenters. The Morgan fingerprint density at radius 1 is 1.08 bits per heavy atom. The molecule has 0 radical (unpaired) electrons. The number of H-pyrrole nitrogens is 1. The van der Waals surface area contributed by atoms with E-state index in [4.69, 9.17) is 4.99 Å². The molecule has 0 saturated heterocycles. The van der Waals surface area contributed by atoms with Crippen LogP contribution in [0.4, 0.5) is 14.5 Å². The molecular formula is C27H27F2N5O2. The van der Waals surface area contributed by atoms with Gasteiger partial charge in [-0.3, -0.25) is 19.5 Å². The van der Waals surface area contributed by atoms with Crippen molar-refractivity contribution >= 4 is 28.2 Å². The number of halogens is 2. The molecule has 1 amide bonds. The van der Waals surface area contributed by atoms with Crippen molar-refractivity contribution in [3.63, 3.8) is 0 Å². The van der Waals surface area contributed by atoms with Gasteiger partial charge in [-0.2, -0.15) is 5.10 Å². The number of hydrogen-bond acceptors (Lipinski definition) is 5. The van der Waals surface area contributed by atoms with Gasteiger partial charge in [-0.05, 0) is 49.1 Å². The average Bonchev–Trinajstić information content (AvgIpc) is 3.45. The minimum atomic E-state index is -0.763. The van der Waals surface area contributed by atoms with Gasteiger partial charge in [0, 0.05) is 17.5 Å². The second kappa shape index (κ2) is 8.50. The van der Waals surface area contributed by atoms with Crippen LogP contribution in [0.25, 0.3) is 10.8 Å². The van der Waals surface area contributed by atoms with E-state index in [9.17, 15) is 18.4 Å². The van der Waals surface area contributed by atoms with Crippen LogP contribution in [0, 0.1) is 11.6 Å². The highest BCUT2D eigenvalue weighted by atomic mass is 19.1. The topological polar surface area (TPSA) is 90.5 Å². The molecule has 1 spiro atoms. The summed E-state index contributed by atoms with van der Waals surface area (Å²) >= 11 is 0. The second-order valence-electron chi connectivity index (χ2n) is 9.98. The minimum absolute atomic E-state index is 0.0586. The molecular weight excluding hydrogens is 464 g/mol. The summed E-state index contributed by atoms with van der Waals surface area (Å²) in [5.41, 5.74) is 0.335. The Balaban J connectivity index is 1.58. The molecule has 3 aromatic rings. The lowest BCUT2D eigenvalue weighted by atomic mass is 9.87. The van der Waals surface area contributed by atoms with Gasteiger partial charge in [-0.1, -0.05) is 38.3 Å². The number of amides is 1. The normalized spacial score (nSPS) is 22.4. The average molecular weight is 492 g/mol. The first-order valence-electron chi connectivity index (χ1n) is 12.6. The number of anilines is 1. The van der Waals surface area contributed by atoms with Crippen molar-refractivity contribution in [3.05, 3.63) is 69.6 Å². The molecule has 2 atom stereocenters. The molecule has 186 valence electrons. The van der Waals surface area contributed by atoms with Crippen molar-refractivity contribution in [3.8, 4) is 0 Å². The molecule has 1 saturated carbocycles. The van der Waals surface area contributed by atoms with Crippen molar-refractivity contribution in [1.29, 1.82) is 0 Å². The van der Waals surface area contributed by atoms with Crippen LogP contribution in [0.2, 0.25) is 0 Å². The van der Waals surface area contributed by atoms with E-state index in [1.165, 1.54) is 24.3 Å². The number of aromatic nitrogens is 2. The summed E-state index contributed by atoms with van der Waals surface area (Å²) in [5, 5.41) is 11.0. The molecule has 0 bridgehead atoms. The van der Waals surface area contributed by atoms with Gasteiger partial charge in [0.1, 0.15) is 29.1 Å². The zero-order valence-corrected chi connectivity index (χ0v) is 20.0. The van der Waals surface area contributed by atoms with E-state index >= 15 is 0 Å². The number of aromatic amines is 1. The largest absolute Gasteiger partial charge is 0.375 e. The van der Waals surface area contributed by atoms with Crippen LogP contribution < -0.4 is 10.9 Å². The Bertz CT molecular complexity index is 1440. The highest BCUT2D eigenvalue weighted by molar-refractivity contribution is 6.09. The lowest BCUT2D eigenvalue weighted by Crippen LogP contribution is -2.47. The molecule has 1 aliphatic carbocycles. The number of nitrogens with one attached hydrogen (secondary N) is 2. The van der Waals surface area contributed by atoms with Crippen LogP contribution in [-0.2, 0) is 4.79 Å². The SMILES string of the molecule is CCCCC1=NC2(CCCC2)C(=O)N1[C@@H]1c2n[nH]c(=O)c3cc(F)cc(c23)N[C@H]1c1ccc(F)cc1. The highest BCUT2D eigenvalue weighted by Crippen LogP contribution is 2.49. The van der Waals surface area contributed by atoms with Gasteiger partial charge < -0.3 is 5.32 Å². The van der Waals surface area contributed by atoms with Gasteiger partial charge >= 0.3 is 0 Å². The first kappa shape index (κ1) is 22.8. The summed E-state index contributed by atoms with van der Waals surface area (Å²) in [6.45, 7) is 2.09. The van der Waals surface area contributed by atoms with Crippen molar-refractivity contribution in [2.75, 3.05) is 5.32 Å². The van der Waals surface area contributed by atoms with E-state index in [0.29, 0.717) is 41.6 Å². The molecule has 2 aromatic carbocycles. The molecule has 6 rings (SSSR count). The van der Waals surface area contributed by atoms with Crippen LogP contribution in [0.5, 0.6) is 0 Å². The summed E-state index contributed by atoms with van der Waals surface area (Å²) in [6.07, 6.45) is 5.75. The number of amidine groups is 1. The number of benzene rings is 2. The van der Waals surface area contributed by atoms with Gasteiger partial charge in [0.25, 0.3) is 11.5 Å². The van der Waals surface area contributed by atoms with E-state index < -0.39 is 29.0 Å². The highest BCUT2D eigenvalue weighted by Gasteiger charge is 2.54. The van der Waals surface area contributed by atoms with Crippen LogP contribution >= 0.6 is 0 Å². The van der Waals surface area contributed by atoms with Gasteiger partial charge in [0.15, 0.2) is 0 Å². The fourth-order valence-corrected chi connectivity index (χ4v) is 6.00. The molecule has 7 nitrogen and oxygen atoms in total. The number of rotatable bonds is 5. The molecule has 3 aliphatic rings. The number of unbranched alkanes of at least 4 members (excludes halogenated alkanes) is 1. The third kappa shape index (κ3) is 3.43. The molecule has 36 heavy (non-hydrogen) atoms. The molecule has 3 heterocycles. The minimum Gasteiger partial charge on any atom is -0.375 e. The predicted molar refractivity (Wildman–Crippen MR) is 133 cm³/mol. The fraction of sp³-hybridized carbons (Fsp3) is 0.407. The third-order valence-corrected chi connectivity index (χ3v) is 7.72. The monoisotopic (exact) mass is 491 g/mol. The molecule has 1 fully saturated rings. The summed E-state index contributed by atoms with van der Waals surface area (Å²) < 4.78 is 28.3. The summed E-state index contributed by atoms with van der Waals surface area (Å²) in [5.74, 6) is -0.281. The molecule has 2 N–H and O–H groups in total. The molecule has 9 heteroatoms. The lowest BCUT2D eigenvalue weighted by Gasteiger charge is -2.40. The van der Waals surface area contributed by atoms with Crippen molar-refractivity contribution in [2.24, 2.45) is 4.99 Å². The van der Waals surface area contributed by atoms with Gasteiger partial charge in [0.2, 0.25) is 0 Å². The number of nitrogens with zero attached hydrogens (tertiary/aromatic N) is 3. The van der Waals surface area contributed by atoms with E-state index in [1.807, 2.05) is 0 Å². The Kier molecular flexibility index (Phi) is 5.39. The Hall–Kier alpha value is -3.62. The maximum Gasteiger partial charge on any atom is 0.272 e. The Morgan fingerprint density at radius 2 is 1.83 bits per heavy atom. The number of aliphatic imine (C=N–C) groups is 1. The smallest absolute Gasteiger partial charge is 0.272 e. The Labute approximate surface area is 206 Å². The predicted octanol–water partition coefficient (Wildman–Crippen LogP) is 5.15. The fourth-order valence-electron chi connectivity index (χ4n) is 6.00. The van der Waals surface area contributed by atoms with Crippen LogP contribution in [-0.4, -0.2) is 32.4 Å². The molecule has 1 aromatic heterocycles. The van der Waals surface area contributed by atoms with Gasteiger partial charge in [-0.15, -0.1) is 0 Å². The van der Waals surface area contributed by atoms with E-state index in [-0.39, 0.29) is 17.1 Å². The number of hydrogen-bond donors (Lipinski definition) is 2. The first-order chi connectivity index (χ1) is 17.4. The Morgan fingerprint density at radius 3 is 2.56 bits per heavy atom. The first-order valence-corrected chi connectivity index (χ1v) is 12.6. The summed E-state index contributed by atoms with van der Waals surface area (Å²) in [6, 6.07) is 7.34. The molecule has 2 aliphatic heterocycles. The maximum absolute atomic E-state index is 14.5. The van der Waals surface area contributed by atoms with Gasteiger partial charge in [0.05, 0.1) is 17.1 Å². The van der Waals surface area contributed by atoms with Crippen molar-refractivity contribution in [1.82, 2.24) is 15.1 Å². The van der Waals surface area contributed by atoms with Crippen LogP contribution in [0.15, 0.2) is 46.2 Å². The van der Waals surface area contributed by atoms with E-state index in [0.717, 1.165) is 31.5 Å². The standard InChI is InChI=1S/C27H27F2N5O2/c1-2-3-6-20-31-27(11-4-5-12-27)26(36)34(20)24-22(15-7-9-16(28)10-8-15)30-19-14-17(29)13-18-21(19)23(24)32-33-25(18)35/h7-10,13-14,22,24,30H,2-6,11-12H2,1H3,(H,33,35)/t22-,24-/m0/s1. The second-order valence-corrected chi connectivity index (χ2v) is 9.98. The van der Waals surface area contributed by atoms with Crippen LogP contribution in [0.1, 0.15) is 75.2 Å².